The minimum absolute atomic E-state index is 0.303. The largest absolute Gasteiger partial charge is 0.493 e. The van der Waals surface area contributed by atoms with Crippen LogP contribution in [0.25, 0.3) is 0 Å². The molecule has 108 valence electrons. The Morgan fingerprint density at radius 2 is 2.00 bits per heavy atom. The molecule has 0 radical (unpaired) electrons. The van der Waals surface area contributed by atoms with E-state index in [0.29, 0.717) is 18.4 Å². The molecule has 20 heavy (non-hydrogen) atoms. The zero-order valence-electron chi connectivity index (χ0n) is 12.1. The number of nitrogens with zero attached hydrogens (tertiary/aromatic N) is 1. The van der Waals surface area contributed by atoms with Crippen LogP contribution in [0.3, 0.4) is 0 Å². The summed E-state index contributed by atoms with van der Waals surface area (Å²) in [7, 11) is 0. The van der Waals surface area contributed by atoms with Gasteiger partial charge in [0.05, 0.1) is 11.6 Å². The summed E-state index contributed by atoms with van der Waals surface area (Å²) in [5.74, 6) is 1.78. The number of benzene rings is 1. The van der Waals surface area contributed by atoms with Gasteiger partial charge in [0, 0.05) is 24.0 Å². The summed E-state index contributed by atoms with van der Waals surface area (Å²) >= 11 is 1.67. The van der Waals surface area contributed by atoms with E-state index in [2.05, 4.69) is 31.0 Å². The number of rotatable bonds is 7. The van der Waals surface area contributed by atoms with Gasteiger partial charge in [-0.2, -0.15) is 0 Å². The first-order valence-electron chi connectivity index (χ1n) is 7.00. The van der Waals surface area contributed by atoms with E-state index >= 15 is 0 Å². The summed E-state index contributed by atoms with van der Waals surface area (Å²) in [5, 5.41) is 3.12. The van der Waals surface area contributed by atoms with Crippen molar-refractivity contribution in [2.45, 2.75) is 26.2 Å². The Bertz CT molecular complexity index is 494. The van der Waals surface area contributed by atoms with Gasteiger partial charge in [-0.15, -0.1) is 11.3 Å². The standard InChI is InChI=1S/C16H22N2OS/c1-12(2)11-19-15-5-3-13(4-6-15)9-14(10-17)16-18-7-8-20-16/h3-8,12,14H,9-11,17H2,1-2H3. The second-order valence-corrected chi connectivity index (χ2v) is 6.28. The third kappa shape index (κ3) is 4.32. The Balaban J connectivity index is 1.96. The zero-order chi connectivity index (χ0) is 14.4. The third-order valence-corrected chi connectivity index (χ3v) is 4.01. The van der Waals surface area contributed by atoms with Crippen LogP contribution in [0.4, 0.5) is 0 Å². The van der Waals surface area contributed by atoms with Crippen molar-refractivity contribution < 1.29 is 4.74 Å². The topological polar surface area (TPSA) is 48.1 Å². The van der Waals surface area contributed by atoms with E-state index in [4.69, 9.17) is 10.5 Å². The van der Waals surface area contributed by atoms with Crippen LogP contribution >= 0.6 is 11.3 Å². The van der Waals surface area contributed by atoms with Crippen molar-refractivity contribution in [1.82, 2.24) is 4.98 Å². The Morgan fingerprint density at radius 3 is 2.55 bits per heavy atom. The average molecular weight is 290 g/mol. The van der Waals surface area contributed by atoms with Gasteiger partial charge in [-0.05, 0) is 30.0 Å². The van der Waals surface area contributed by atoms with Crippen LogP contribution in [0.2, 0.25) is 0 Å². The molecule has 1 unspecified atom stereocenters. The molecule has 1 aromatic heterocycles. The molecule has 0 amide bonds. The maximum Gasteiger partial charge on any atom is 0.119 e. The van der Waals surface area contributed by atoms with Crippen molar-refractivity contribution in [2.24, 2.45) is 11.7 Å². The van der Waals surface area contributed by atoms with Gasteiger partial charge in [0.25, 0.3) is 0 Å². The number of ether oxygens (including phenoxy) is 1. The normalized spacial score (nSPS) is 12.6. The molecule has 3 nitrogen and oxygen atoms in total. The predicted octanol–water partition coefficient (Wildman–Crippen LogP) is 3.46. The summed E-state index contributed by atoms with van der Waals surface area (Å²) in [6.07, 6.45) is 2.76. The molecule has 0 aliphatic carbocycles. The van der Waals surface area contributed by atoms with Crippen LogP contribution in [0.1, 0.15) is 30.3 Å². The molecule has 1 aromatic carbocycles. The molecule has 2 aromatic rings. The van der Waals surface area contributed by atoms with E-state index in [1.807, 2.05) is 23.7 Å². The van der Waals surface area contributed by atoms with Gasteiger partial charge in [-0.25, -0.2) is 4.98 Å². The fraction of sp³-hybridized carbons (Fsp3) is 0.438. The Kier molecular flexibility index (Phi) is 5.56. The van der Waals surface area contributed by atoms with Crippen molar-refractivity contribution in [1.29, 1.82) is 0 Å². The summed E-state index contributed by atoms with van der Waals surface area (Å²) < 4.78 is 5.69. The number of hydrogen-bond donors (Lipinski definition) is 1. The number of aromatic nitrogens is 1. The quantitative estimate of drug-likeness (QED) is 0.849. The van der Waals surface area contributed by atoms with Gasteiger partial charge in [0.2, 0.25) is 0 Å². The summed E-state index contributed by atoms with van der Waals surface area (Å²) in [6.45, 7) is 5.67. The molecule has 0 saturated carbocycles. The fourth-order valence-electron chi connectivity index (χ4n) is 1.98. The second kappa shape index (κ2) is 7.41. The Morgan fingerprint density at radius 1 is 1.25 bits per heavy atom. The number of nitrogens with two attached hydrogens (primary N) is 1. The van der Waals surface area contributed by atoms with Crippen molar-refractivity contribution >= 4 is 11.3 Å². The van der Waals surface area contributed by atoms with Gasteiger partial charge >= 0.3 is 0 Å². The van der Waals surface area contributed by atoms with E-state index in [1.54, 1.807) is 11.3 Å². The molecule has 2 rings (SSSR count). The molecule has 2 N–H and O–H groups in total. The molecule has 1 atom stereocenters. The average Bonchev–Trinajstić information content (AvgIpc) is 2.97. The summed E-state index contributed by atoms with van der Waals surface area (Å²) in [4.78, 5) is 4.36. The van der Waals surface area contributed by atoms with Crippen LogP contribution in [0.5, 0.6) is 5.75 Å². The first kappa shape index (κ1) is 15.0. The summed E-state index contributed by atoms with van der Waals surface area (Å²) in [6, 6.07) is 8.30. The van der Waals surface area contributed by atoms with Crippen LogP contribution in [-0.4, -0.2) is 18.1 Å². The van der Waals surface area contributed by atoms with Crippen molar-refractivity contribution in [3.63, 3.8) is 0 Å². The highest BCUT2D eigenvalue weighted by atomic mass is 32.1. The van der Waals surface area contributed by atoms with Gasteiger partial charge in [0.15, 0.2) is 0 Å². The molecule has 0 bridgehead atoms. The SMILES string of the molecule is CC(C)COc1ccc(CC(CN)c2nccs2)cc1. The minimum atomic E-state index is 0.303. The first-order valence-corrected chi connectivity index (χ1v) is 7.88. The predicted molar refractivity (Wildman–Crippen MR) is 84.4 cm³/mol. The molecule has 0 fully saturated rings. The smallest absolute Gasteiger partial charge is 0.119 e. The summed E-state index contributed by atoms with van der Waals surface area (Å²) in [5.41, 5.74) is 7.14. The molecular formula is C16H22N2OS. The zero-order valence-corrected chi connectivity index (χ0v) is 12.9. The lowest BCUT2D eigenvalue weighted by Gasteiger charge is -2.13. The maximum absolute atomic E-state index is 5.86. The van der Waals surface area contributed by atoms with E-state index in [-0.39, 0.29) is 0 Å². The fourth-order valence-corrected chi connectivity index (χ4v) is 2.73. The van der Waals surface area contributed by atoms with Crippen LogP contribution in [-0.2, 0) is 6.42 Å². The molecule has 1 heterocycles. The van der Waals surface area contributed by atoms with Gasteiger partial charge < -0.3 is 10.5 Å². The van der Waals surface area contributed by atoms with E-state index in [1.165, 1.54) is 5.56 Å². The minimum Gasteiger partial charge on any atom is -0.493 e. The number of thiazole rings is 1. The highest BCUT2D eigenvalue weighted by Crippen LogP contribution is 2.23. The maximum atomic E-state index is 5.86. The molecule has 0 aliphatic heterocycles. The lowest BCUT2D eigenvalue weighted by Crippen LogP contribution is -2.14. The number of hydrogen-bond acceptors (Lipinski definition) is 4. The lowest BCUT2D eigenvalue weighted by atomic mass is 10.00. The molecule has 0 saturated heterocycles. The Labute approximate surface area is 124 Å². The van der Waals surface area contributed by atoms with E-state index in [0.717, 1.165) is 23.8 Å². The molecular weight excluding hydrogens is 268 g/mol. The lowest BCUT2D eigenvalue weighted by molar-refractivity contribution is 0.271. The van der Waals surface area contributed by atoms with Crippen molar-refractivity contribution in [3.8, 4) is 5.75 Å². The van der Waals surface area contributed by atoms with E-state index < -0.39 is 0 Å². The van der Waals surface area contributed by atoms with Crippen molar-refractivity contribution in [2.75, 3.05) is 13.2 Å². The van der Waals surface area contributed by atoms with E-state index in [9.17, 15) is 0 Å². The third-order valence-electron chi connectivity index (χ3n) is 3.07. The second-order valence-electron chi connectivity index (χ2n) is 5.36. The molecule has 4 heteroatoms. The van der Waals surface area contributed by atoms with Crippen LogP contribution in [0.15, 0.2) is 35.8 Å². The van der Waals surface area contributed by atoms with Gasteiger partial charge in [-0.3, -0.25) is 0 Å². The van der Waals surface area contributed by atoms with Crippen LogP contribution in [0, 0.1) is 5.92 Å². The highest BCUT2D eigenvalue weighted by Gasteiger charge is 2.13. The van der Waals surface area contributed by atoms with Crippen LogP contribution < -0.4 is 10.5 Å². The monoisotopic (exact) mass is 290 g/mol. The Hall–Kier alpha value is -1.39. The molecule has 0 aliphatic rings. The van der Waals surface area contributed by atoms with Gasteiger partial charge in [0.1, 0.15) is 5.75 Å². The first-order chi connectivity index (χ1) is 9.69. The van der Waals surface area contributed by atoms with Gasteiger partial charge in [-0.1, -0.05) is 26.0 Å². The highest BCUT2D eigenvalue weighted by molar-refractivity contribution is 7.09. The molecule has 0 spiro atoms. The van der Waals surface area contributed by atoms with Crippen molar-refractivity contribution in [3.05, 3.63) is 46.4 Å².